The summed E-state index contributed by atoms with van der Waals surface area (Å²) in [5, 5.41) is 3.20. The third kappa shape index (κ3) is 4.81. The molecule has 1 aliphatic rings. The first-order valence-electron chi connectivity index (χ1n) is 7.99. The molecule has 0 spiro atoms. The summed E-state index contributed by atoms with van der Waals surface area (Å²) in [4.78, 5) is 18.9. The molecule has 0 saturated carbocycles. The van der Waals surface area contributed by atoms with Crippen LogP contribution in [0.2, 0.25) is 0 Å². The summed E-state index contributed by atoms with van der Waals surface area (Å²) in [6.07, 6.45) is 5.62. The fraction of sp³-hybridized carbons (Fsp3) is 0.647. The van der Waals surface area contributed by atoms with Crippen LogP contribution in [-0.4, -0.2) is 41.5 Å². The van der Waals surface area contributed by atoms with Crippen molar-refractivity contribution in [3.05, 3.63) is 30.1 Å². The minimum absolute atomic E-state index is 0.116. The Bertz CT molecular complexity index is 439. The van der Waals surface area contributed by atoms with Crippen molar-refractivity contribution < 1.29 is 4.79 Å². The zero-order valence-corrected chi connectivity index (χ0v) is 13.4. The van der Waals surface area contributed by atoms with Gasteiger partial charge < -0.3 is 10.2 Å². The van der Waals surface area contributed by atoms with Crippen LogP contribution in [0.4, 0.5) is 0 Å². The minimum Gasteiger partial charge on any atom is -0.353 e. The number of nitrogens with zero attached hydrogens (tertiary/aromatic N) is 2. The van der Waals surface area contributed by atoms with Crippen molar-refractivity contribution in [1.29, 1.82) is 0 Å². The number of hydrogen-bond acceptors (Lipinski definition) is 3. The van der Waals surface area contributed by atoms with Crippen molar-refractivity contribution in [2.75, 3.05) is 19.6 Å². The third-order valence-electron chi connectivity index (χ3n) is 4.14. The number of amides is 1. The van der Waals surface area contributed by atoms with E-state index >= 15 is 0 Å². The number of aromatic nitrogens is 1. The van der Waals surface area contributed by atoms with E-state index < -0.39 is 0 Å². The maximum atomic E-state index is 12.3. The van der Waals surface area contributed by atoms with Crippen molar-refractivity contribution in [2.24, 2.45) is 5.92 Å². The third-order valence-corrected chi connectivity index (χ3v) is 4.14. The van der Waals surface area contributed by atoms with Gasteiger partial charge in [-0.1, -0.05) is 19.9 Å². The van der Waals surface area contributed by atoms with E-state index in [1.807, 2.05) is 19.1 Å². The molecule has 1 aromatic rings. The van der Waals surface area contributed by atoms with Gasteiger partial charge >= 0.3 is 0 Å². The molecule has 1 unspecified atom stereocenters. The van der Waals surface area contributed by atoms with E-state index in [0.29, 0.717) is 12.0 Å². The van der Waals surface area contributed by atoms with E-state index in [-0.39, 0.29) is 11.8 Å². The van der Waals surface area contributed by atoms with Gasteiger partial charge in [0, 0.05) is 38.1 Å². The first-order chi connectivity index (χ1) is 10.1. The molecule has 1 saturated heterocycles. The second kappa shape index (κ2) is 7.55. The molecule has 2 heterocycles. The highest BCUT2D eigenvalue weighted by atomic mass is 16.1. The van der Waals surface area contributed by atoms with Crippen LogP contribution in [0.5, 0.6) is 0 Å². The van der Waals surface area contributed by atoms with Gasteiger partial charge in [0.2, 0.25) is 5.91 Å². The SMILES string of the molecule is CC(C)CN1CCC(NC(=O)C(C)c2cccnc2)CC1. The lowest BCUT2D eigenvalue weighted by atomic mass is 9.99. The summed E-state index contributed by atoms with van der Waals surface area (Å²) < 4.78 is 0. The second-order valence-corrected chi connectivity index (χ2v) is 6.49. The van der Waals surface area contributed by atoms with Crippen LogP contribution in [0.25, 0.3) is 0 Å². The molecule has 116 valence electrons. The van der Waals surface area contributed by atoms with Crippen LogP contribution in [0, 0.1) is 5.92 Å². The normalized spacial score (nSPS) is 18.7. The predicted octanol–water partition coefficient (Wildman–Crippen LogP) is 2.42. The molecule has 1 aliphatic heterocycles. The van der Waals surface area contributed by atoms with E-state index in [4.69, 9.17) is 0 Å². The van der Waals surface area contributed by atoms with Crippen LogP contribution in [-0.2, 0) is 4.79 Å². The van der Waals surface area contributed by atoms with Crippen molar-refractivity contribution in [3.8, 4) is 0 Å². The summed E-state index contributed by atoms with van der Waals surface area (Å²) >= 11 is 0. The highest BCUT2D eigenvalue weighted by Crippen LogP contribution is 2.16. The fourth-order valence-corrected chi connectivity index (χ4v) is 2.89. The van der Waals surface area contributed by atoms with E-state index in [9.17, 15) is 4.79 Å². The van der Waals surface area contributed by atoms with E-state index in [0.717, 1.165) is 38.0 Å². The maximum Gasteiger partial charge on any atom is 0.227 e. The molecule has 2 rings (SSSR count). The molecular formula is C17H27N3O. The monoisotopic (exact) mass is 289 g/mol. The number of rotatable bonds is 5. The molecule has 1 N–H and O–H groups in total. The lowest BCUT2D eigenvalue weighted by Crippen LogP contribution is -2.46. The molecule has 1 aromatic heterocycles. The quantitative estimate of drug-likeness (QED) is 0.905. The highest BCUT2D eigenvalue weighted by Gasteiger charge is 2.23. The van der Waals surface area contributed by atoms with Gasteiger partial charge in [-0.15, -0.1) is 0 Å². The number of likely N-dealkylation sites (tertiary alicyclic amines) is 1. The van der Waals surface area contributed by atoms with Gasteiger partial charge in [0.1, 0.15) is 0 Å². The minimum atomic E-state index is -0.132. The number of carbonyl (C=O) groups is 1. The van der Waals surface area contributed by atoms with Crippen LogP contribution < -0.4 is 5.32 Å². The van der Waals surface area contributed by atoms with Crippen molar-refractivity contribution in [2.45, 2.75) is 45.6 Å². The molecule has 0 radical (unpaired) electrons. The van der Waals surface area contributed by atoms with Gasteiger partial charge in [0.15, 0.2) is 0 Å². The number of piperidine rings is 1. The van der Waals surface area contributed by atoms with Gasteiger partial charge in [0.25, 0.3) is 0 Å². The van der Waals surface area contributed by atoms with Gasteiger partial charge in [-0.3, -0.25) is 9.78 Å². The zero-order chi connectivity index (χ0) is 15.2. The molecule has 0 bridgehead atoms. The van der Waals surface area contributed by atoms with Crippen molar-refractivity contribution >= 4 is 5.91 Å². The van der Waals surface area contributed by atoms with Gasteiger partial charge in [0.05, 0.1) is 5.92 Å². The van der Waals surface area contributed by atoms with Crippen molar-refractivity contribution in [3.63, 3.8) is 0 Å². The van der Waals surface area contributed by atoms with E-state index in [1.165, 1.54) is 0 Å². The van der Waals surface area contributed by atoms with Crippen LogP contribution in [0.15, 0.2) is 24.5 Å². The zero-order valence-electron chi connectivity index (χ0n) is 13.4. The largest absolute Gasteiger partial charge is 0.353 e. The molecule has 21 heavy (non-hydrogen) atoms. The first-order valence-corrected chi connectivity index (χ1v) is 7.99. The van der Waals surface area contributed by atoms with Gasteiger partial charge in [-0.2, -0.15) is 0 Å². The molecule has 4 nitrogen and oxygen atoms in total. The molecule has 4 heteroatoms. The molecule has 0 aromatic carbocycles. The Morgan fingerprint density at radius 3 is 2.67 bits per heavy atom. The molecule has 1 atom stereocenters. The number of carbonyl (C=O) groups excluding carboxylic acids is 1. The Hall–Kier alpha value is -1.42. The summed E-state index contributed by atoms with van der Waals surface area (Å²) in [7, 11) is 0. The molecule has 1 amide bonds. The lowest BCUT2D eigenvalue weighted by molar-refractivity contribution is -0.123. The molecular weight excluding hydrogens is 262 g/mol. The number of hydrogen-bond donors (Lipinski definition) is 1. The Labute approximate surface area is 127 Å². The number of pyridine rings is 1. The van der Waals surface area contributed by atoms with Crippen molar-refractivity contribution in [1.82, 2.24) is 15.2 Å². The fourth-order valence-electron chi connectivity index (χ4n) is 2.89. The van der Waals surface area contributed by atoms with Crippen LogP contribution in [0.1, 0.15) is 45.1 Å². The summed E-state index contributed by atoms with van der Waals surface area (Å²) in [5.74, 6) is 0.694. The summed E-state index contributed by atoms with van der Waals surface area (Å²) in [6.45, 7) is 9.79. The summed E-state index contributed by atoms with van der Waals surface area (Å²) in [6, 6.07) is 4.16. The average molecular weight is 289 g/mol. The molecule has 0 aliphatic carbocycles. The Kier molecular flexibility index (Phi) is 5.74. The number of nitrogens with one attached hydrogen (secondary N) is 1. The van der Waals surface area contributed by atoms with Crippen LogP contribution in [0.3, 0.4) is 0 Å². The smallest absolute Gasteiger partial charge is 0.227 e. The summed E-state index contributed by atoms with van der Waals surface area (Å²) in [5.41, 5.74) is 0.979. The van der Waals surface area contributed by atoms with E-state index in [1.54, 1.807) is 12.4 Å². The lowest BCUT2D eigenvalue weighted by Gasteiger charge is -2.33. The Morgan fingerprint density at radius 2 is 2.10 bits per heavy atom. The average Bonchev–Trinajstić information content (AvgIpc) is 2.49. The van der Waals surface area contributed by atoms with Crippen LogP contribution >= 0.6 is 0 Å². The predicted molar refractivity (Wildman–Crippen MR) is 85.1 cm³/mol. The first kappa shape index (κ1) is 16.0. The second-order valence-electron chi connectivity index (χ2n) is 6.49. The highest BCUT2D eigenvalue weighted by molar-refractivity contribution is 5.83. The maximum absolute atomic E-state index is 12.3. The topological polar surface area (TPSA) is 45.2 Å². The van der Waals surface area contributed by atoms with Gasteiger partial charge in [-0.25, -0.2) is 0 Å². The Balaban J connectivity index is 1.79. The standard InChI is InChI=1S/C17H27N3O/c1-13(2)12-20-9-6-16(7-10-20)19-17(21)14(3)15-5-4-8-18-11-15/h4-5,8,11,13-14,16H,6-7,9-10,12H2,1-3H3,(H,19,21). The molecule has 1 fully saturated rings. The Morgan fingerprint density at radius 1 is 1.38 bits per heavy atom. The van der Waals surface area contributed by atoms with E-state index in [2.05, 4.69) is 29.0 Å². The van der Waals surface area contributed by atoms with Gasteiger partial charge in [-0.05, 0) is 37.3 Å².